The molecule has 1 aliphatic rings. The number of benzene rings is 1. The van der Waals surface area contributed by atoms with Crippen LogP contribution in [0.4, 0.5) is 0 Å². The molecule has 1 heterocycles. The van der Waals surface area contributed by atoms with Crippen LogP contribution in [0, 0.1) is 11.8 Å². The van der Waals surface area contributed by atoms with E-state index >= 15 is 0 Å². The summed E-state index contributed by atoms with van der Waals surface area (Å²) in [5, 5.41) is 0. The van der Waals surface area contributed by atoms with Gasteiger partial charge in [0.2, 0.25) is 0 Å². The Morgan fingerprint density at radius 3 is 2.05 bits per heavy atom. The predicted octanol–water partition coefficient (Wildman–Crippen LogP) is 5.77. The van der Waals surface area contributed by atoms with Crippen molar-refractivity contribution in [3.63, 3.8) is 0 Å². The second kappa shape index (κ2) is 7.54. The van der Waals surface area contributed by atoms with Crippen molar-refractivity contribution in [2.75, 3.05) is 11.5 Å². The summed E-state index contributed by atoms with van der Waals surface area (Å²) >= 11 is 0. The molecular formula is C19H32S. The standard InChI is InChI=1S/C19H32S/c1-15(2)13-19(16(3)4)18-9-7-17(8-10-18)14-20-11-5-6-12-20/h7-10,15-16,19-20H,5-6,11-14H2,1-4H3. The van der Waals surface area contributed by atoms with Crippen LogP contribution in [0.1, 0.15) is 64.0 Å². The molecular weight excluding hydrogens is 260 g/mol. The maximum absolute atomic E-state index is 2.41. The minimum atomic E-state index is 0.327. The van der Waals surface area contributed by atoms with E-state index < -0.39 is 0 Å². The third-order valence-electron chi connectivity index (χ3n) is 4.54. The maximum Gasteiger partial charge on any atom is 0.0000513 e. The van der Waals surface area contributed by atoms with Gasteiger partial charge in [-0.15, -0.1) is 0 Å². The fourth-order valence-electron chi connectivity index (χ4n) is 3.37. The third-order valence-corrected chi connectivity index (χ3v) is 7.25. The number of thiol groups is 1. The zero-order chi connectivity index (χ0) is 14.5. The normalized spacial score (nSPS) is 19.0. The van der Waals surface area contributed by atoms with Crippen LogP contribution in [0.3, 0.4) is 0 Å². The first-order valence-electron chi connectivity index (χ1n) is 8.37. The highest BCUT2D eigenvalue weighted by Crippen LogP contribution is 2.38. The number of hydrogen-bond acceptors (Lipinski definition) is 0. The van der Waals surface area contributed by atoms with Crippen molar-refractivity contribution in [1.29, 1.82) is 0 Å². The van der Waals surface area contributed by atoms with E-state index in [1.54, 1.807) is 11.1 Å². The zero-order valence-electron chi connectivity index (χ0n) is 13.7. The van der Waals surface area contributed by atoms with Crippen LogP contribution in [0.2, 0.25) is 0 Å². The average molecular weight is 293 g/mol. The Bertz CT molecular complexity index is 385. The van der Waals surface area contributed by atoms with Crippen molar-refractivity contribution in [1.82, 2.24) is 0 Å². The van der Waals surface area contributed by atoms with E-state index in [9.17, 15) is 0 Å². The van der Waals surface area contributed by atoms with Gasteiger partial charge in [-0.05, 0) is 59.6 Å². The molecule has 1 fully saturated rings. The molecule has 1 aromatic carbocycles. The van der Waals surface area contributed by atoms with E-state index in [2.05, 4.69) is 52.0 Å². The van der Waals surface area contributed by atoms with Crippen molar-refractivity contribution in [2.45, 2.75) is 58.6 Å². The van der Waals surface area contributed by atoms with Gasteiger partial charge in [-0.3, -0.25) is 0 Å². The molecule has 1 aromatic rings. The molecule has 0 N–H and O–H groups in total. The molecule has 0 aliphatic carbocycles. The fraction of sp³-hybridized carbons (Fsp3) is 0.684. The summed E-state index contributed by atoms with van der Waals surface area (Å²) in [6, 6.07) is 9.64. The summed E-state index contributed by atoms with van der Waals surface area (Å²) in [5.41, 5.74) is 3.13. The van der Waals surface area contributed by atoms with E-state index in [-0.39, 0.29) is 0 Å². The van der Waals surface area contributed by atoms with Crippen molar-refractivity contribution >= 4 is 10.9 Å². The van der Waals surface area contributed by atoms with Gasteiger partial charge in [-0.25, -0.2) is 10.9 Å². The van der Waals surface area contributed by atoms with Crippen molar-refractivity contribution in [2.24, 2.45) is 11.8 Å². The van der Waals surface area contributed by atoms with Gasteiger partial charge in [0.15, 0.2) is 0 Å². The van der Waals surface area contributed by atoms with Gasteiger partial charge in [0.05, 0.1) is 0 Å². The highest BCUT2D eigenvalue weighted by atomic mass is 32.2. The predicted molar refractivity (Wildman–Crippen MR) is 95.1 cm³/mol. The highest BCUT2D eigenvalue weighted by molar-refractivity contribution is 8.16. The third kappa shape index (κ3) is 4.55. The van der Waals surface area contributed by atoms with Crippen molar-refractivity contribution in [3.05, 3.63) is 35.4 Å². The van der Waals surface area contributed by atoms with Crippen LogP contribution in [-0.4, -0.2) is 11.5 Å². The largest absolute Gasteiger partial charge is 0.249 e. The molecule has 1 atom stereocenters. The van der Waals surface area contributed by atoms with E-state index in [4.69, 9.17) is 0 Å². The lowest BCUT2D eigenvalue weighted by atomic mass is 9.82. The van der Waals surface area contributed by atoms with Crippen molar-refractivity contribution < 1.29 is 0 Å². The Balaban J connectivity index is 2.01. The molecule has 1 heteroatoms. The summed E-state index contributed by atoms with van der Waals surface area (Å²) < 4.78 is 0. The molecule has 0 radical (unpaired) electrons. The Kier molecular flexibility index (Phi) is 6.01. The first-order valence-corrected chi connectivity index (χ1v) is 10.3. The lowest BCUT2D eigenvalue weighted by Crippen LogP contribution is -2.10. The second-order valence-electron chi connectivity index (χ2n) is 7.20. The summed E-state index contributed by atoms with van der Waals surface area (Å²) in [5.74, 6) is 6.64. The Labute approximate surface area is 128 Å². The first-order chi connectivity index (χ1) is 9.56. The topological polar surface area (TPSA) is 0 Å². The van der Waals surface area contributed by atoms with Crippen molar-refractivity contribution in [3.8, 4) is 0 Å². The first kappa shape index (κ1) is 15.9. The van der Waals surface area contributed by atoms with Crippen LogP contribution >= 0.6 is 10.9 Å². The zero-order valence-corrected chi connectivity index (χ0v) is 14.6. The van der Waals surface area contributed by atoms with E-state index in [1.807, 2.05) is 0 Å². The van der Waals surface area contributed by atoms with E-state index in [0.717, 1.165) is 17.8 Å². The Morgan fingerprint density at radius 2 is 1.55 bits per heavy atom. The molecule has 0 spiro atoms. The van der Waals surface area contributed by atoms with E-state index in [1.165, 1.54) is 36.5 Å². The van der Waals surface area contributed by atoms with Gasteiger partial charge in [0, 0.05) is 5.75 Å². The Morgan fingerprint density at radius 1 is 0.950 bits per heavy atom. The van der Waals surface area contributed by atoms with Gasteiger partial charge in [-0.2, -0.15) is 0 Å². The van der Waals surface area contributed by atoms with Crippen LogP contribution in [0.5, 0.6) is 0 Å². The summed E-state index contributed by atoms with van der Waals surface area (Å²) in [6.45, 7) is 9.41. The van der Waals surface area contributed by atoms with E-state index in [0.29, 0.717) is 10.9 Å². The highest BCUT2D eigenvalue weighted by Gasteiger charge is 2.17. The van der Waals surface area contributed by atoms with Crippen LogP contribution < -0.4 is 0 Å². The van der Waals surface area contributed by atoms with Gasteiger partial charge in [0.1, 0.15) is 0 Å². The molecule has 0 amide bonds. The van der Waals surface area contributed by atoms with Crippen LogP contribution in [0.25, 0.3) is 0 Å². The molecule has 0 aromatic heterocycles. The van der Waals surface area contributed by atoms with Gasteiger partial charge >= 0.3 is 0 Å². The fourth-order valence-corrected chi connectivity index (χ4v) is 5.98. The summed E-state index contributed by atoms with van der Waals surface area (Å²) in [6.07, 6.45) is 4.27. The molecule has 1 saturated heterocycles. The van der Waals surface area contributed by atoms with Crippen LogP contribution in [0.15, 0.2) is 24.3 Å². The number of rotatable bonds is 6. The van der Waals surface area contributed by atoms with Gasteiger partial charge in [-0.1, -0.05) is 52.0 Å². The smallest absolute Gasteiger partial charge is 0.0000513 e. The average Bonchev–Trinajstić information content (AvgIpc) is 2.89. The maximum atomic E-state index is 2.41. The van der Waals surface area contributed by atoms with Gasteiger partial charge in [0.25, 0.3) is 0 Å². The molecule has 0 nitrogen and oxygen atoms in total. The number of hydrogen-bond donors (Lipinski definition) is 1. The molecule has 1 unspecified atom stereocenters. The Hall–Kier alpha value is -0.430. The lowest BCUT2D eigenvalue weighted by Gasteiger charge is -2.24. The summed E-state index contributed by atoms with van der Waals surface area (Å²) in [4.78, 5) is 0. The van der Waals surface area contributed by atoms with Gasteiger partial charge < -0.3 is 0 Å². The minimum Gasteiger partial charge on any atom is -0.249 e. The molecule has 0 saturated carbocycles. The summed E-state index contributed by atoms with van der Waals surface area (Å²) in [7, 11) is 0.327. The molecule has 2 rings (SSSR count). The monoisotopic (exact) mass is 292 g/mol. The second-order valence-corrected chi connectivity index (χ2v) is 9.76. The minimum absolute atomic E-state index is 0.327. The molecule has 114 valence electrons. The molecule has 1 aliphatic heterocycles. The van der Waals surface area contributed by atoms with Crippen LogP contribution in [-0.2, 0) is 5.75 Å². The lowest BCUT2D eigenvalue weighted by molar-refractivity contribution is 0.408. The molecule has 0 bridgehead atoms. The SMILES string of the molecule is CC(C)CC(c1ccc(C[SH]2CCCC2)cc1)C(C)C. The quantitative estimate of drug-likeness (QED) is 0.632. The molecule has 20 heavy (non-hydrogen) atoms.